The number of carbonyl (C=O) groups is 3. The average Bonchev–Trinajstić information content (AvgIpc) is 3.05. The second kappa shape index (κ2) is 20.0. The van der Waals surface area contributed by atoms with E-state index in [1.54, 1.807) is 5.32 Å². The van der Waals surface area contributed by atoms with E-state index in [1.165, 1.54) is 18.6 Å². The first-order valence-corrected chi connectivity index (χ1v) is 19.4. The van der Waals surface area contributed by atoms with Crippen molar-refractivity contribution in [3.05, 3.63) is 60.2 Å². The normalized spacial score (nSPS) is 16.4. The molecule has 1 saturated heterocycles. The lowest BCUT2D eigenvalue weighted by Gasteiger charge is -2.30. The van der Waals surface area contributed by atoms with Gasteiger partial charge in [0, 0.05) is 51.7 Å². The molecule has 2 atom stereocenters. The predicted molar refractivity (Wildman–Crippen MR) is 181 cm³/mol. The lowest BCUT2D eigenvalue weighted by atomic mass is 9.73. The molecule has 2 heterocycles. The van der Waals surface area contributed by atoms with E-state index in [0.717, 1.165) is 5.56 Å². The molecule has 3 rings (SSSR count). The lowest BCUT2D eigenvalue weighted by molar-refractivity contribution is -0.123. The van der Waals surface area contributed by atoms with E-state index in [4.69, 9.17) is 33.6 Å². The van der Waals surface area contributed by atoms with Crippen molar-refractivity contribution in [3.63, 3.8) is 0 Å². The molecule has 1 aromatic carbocycles. The van der Waals surface area contributed by atoms with Gasteiger partial charge in [-0.15, -0.1) is 0 Å². The summed E-state index contributed by atoms with van der Waals surface area (Å²) in [7, 11) is -11.5. The van der Waals surface area contributed by atoms with Crippen LogP contribution < -0.4 is 16.0 Å². The number of carbonyl (C=O) groups excluding carboxylic acids is 3. The molecule has 1 fully saturated rings. The van der Waals surface area contributed by atoms with Gasteiger partial charge in [0.05, 0.1) is 12.1 Å². The number of hydrogen-bond donors (Lipinski definition) is 7. The Morgan fingerprint density at radius 3 is 2.16 bits per heavy atom. The third-order valence-corrected chi connectivity index (χ3v) is 10.7. The smallest absolute Gasteiger partial charge is 0.448 e. The zero-order valence-corrected chi connectivity index (χ0v) is 29.7. The maximum atomic E-state index is 13.8. The van der Waals surface area contributed by atoms with Gasteiger partial charge in [0.25, 0.3) is 5.91 Å². The third-order valence-electron chi connectivity index (χ3n) is 7.41. The molecule has 1 unspecified atom stereocenters. The molecule has 0 bridgehead atoms. The highest BCUT2D eigenvalue weighted by Crippen LogP contribution is 2.58. The summed E-state index contributed by atoms with van der Waals surface area (Å²) in [5.74, 6) is -1.33. The Morgan fingerprint density at radius 2 is 1.60 bits per heavy atom. The van der Waals surface area contributed by atoms with Crippen LogP contribution in [0.2, 0.25) is 0 Å². The predicted octanol–water partition coefficient (Wildman–Crippen LogP) is 0.870. The third kappa shape index (κ3) is 14.5. The minimum absolute atomic E-state index is 0.0772. The van der Waals surface area contributed by atoms with E-state index in [2.05, 4.69) is 20.6 Å². The number of nitrogens with one attached hydrogen (secondary N) is 3. The van der Waals surface area contributed by atoms with Crippen LogP contribution in [0.5, 0.6) is 0 Å². The van der Waals surface area contributed by atoms with Crippen LogP contribution in [-0.2, 0) is 34.4 Å². The zero-order chi connectivity index (χ0) is 36.7. The summed E-state index contributed by atoms with van der Waals surface area (Å²) in [5.41, 5.74) is -1.78. The number of aromatic nitrogens is 2. The van der Waals surface area contributed by atoms with Gasteiger partial charge in [0.1, 0.15) is 18.3 Å². The number of benzene rings is 1. The van der Waals surface area contributed by atoms with Gasteiger partial charge in [-0.25, -0.2) is 9.78 Å². The van der Waals surface area contributed by atoms with Crippen molar-refractivity contribution < 1.29 is 57.1 Å². The monoisotopic (exact) mass is 742 g/mol. The number of amides is 3. The van der Waals surface area contributed by atoms with Gasteiger partial charge in [-0.05, 0) is 30.7 Å². The molecule has 21 heteroatoms. The second-order valence-corrected chi connectivity index (χ2v) is 15.8. The molecule has 2 aromatic rings. The van der Waals surface area contributed by atoms with Gasteiger partial charge in [0.2, 0.25) is 11.4 Å². The van der Waals surface area contributed by atoms with Gasteiger partial charge >= 0.3 is 28.4 Å². The van der Waals surface area contributed by atoms with Crippen molar-refractivity contribution >= 4 is 40.2 Å². The van der Waals surface area contributed by atoms with E-state index in [1.807, 2.05) is 49.1 Å². The number of hydrogen-bond acceptors (Lipinski definition) is 11. The highest BCUT2D eigenvalue weighted by Gasteiger charge is 2.45. The van der Waals surface area contributed by atoms with Crippen molar-refractivity contribution in [2.45, 2.75) is 57.0 Å². The molecule has 0 saturated carbocycles. The second-order valence-electron chi connectivity index (χ2n) is 12.0. The molecule has 0 aliphatic carbocycles. The van der Waals surface area contributed by atoms with Crippen molar-refractivity contribution in [1.29, 1.82) is 0 Å². The van der Waals surface area contributed by atoms with Crippen LogP contribution in [0.15, 0.2) is 48.9 Å². The van der Waals surface area contributed by atoms with E-state index >= 15 is 0 Å². The number of alkyl carbamates (subject to hydrolysis) is 1. The maximum Gasteiger partial charge on any atom is 0.480 e. The minimum atomic E-state index is -5.35. The van der Waals surface area contributed by atoms with Gasteiger partial charge < -0.3 is 44.3 Å². The molecule has 50 heavy (non-hydrogen) atoms. The molecular weight excluding hydrogens is 697 g/mol. The topological polar surface area (TPSA) is 259 Å². The SMILES string of the molecule is CC(C)CC(NC(=O)[C@@H](Cc1ccccc1)NC(=O)c1cnccn1)B1OCCCN(CCOC(=O)NC(P(=O)(O)O)P(=O)(O)O)CCCO1. The molecule has 3 amide bonds. The first kappa shape index (κ1) is 41.2. The average molecular weight is 742 g/mol. The molecule has 276 valence electrons. The van der Waals surface area contributed by atoms with Gasteiger partial charge in [-0.1, -0.05) is 44.2 Å². The summed E-state index contributed by atoms with van der Waals surface area (Å²) in [6, 6.07) is 8.36. The van der Waals surface area contributed by atoms with E-state index < -0.39 is 57.7 Å². The van der Waals surface area contributed by atoms with E-state index in [-0.39, 0.29) is 44.4 Å². The first-order valence-electron chi connectivity index (χ1n) is 16.0. The summed E-state index contributed by atoms with van der Waals surface area (Å²) in [5, 5.41) is 7.40. The summed E-state index contributed by atoms with van der Waals surface area (Å²) in [4.78, 5) is 85.3. The Morgan fingerprint density at radius 1 is 0.960 bits per heavy atom. The summed E-state index contributed by atoms with van der Waals surface area (Å²) >= 11 is 0. The Kier molecular flexibility index (Phi) is 16.4. The molecular formula is C29H45BN6O12P2. The lowest BCUT2D eigenvalue weighted by Crippen LogP contribution is -2.56. The Balaban J connectivity index is 1.58. The van der Waals surface area contributed by atoms with Crippen LogP contribution in [0, 0.1) is 5.92 Å². The molecule has 0 spiro atoms. The summed E-state index contributed by atoms with van der Waals surface area (Å²) in [6.07, 6.45) is 4.62. The van der Waals surface area contributed by atoms with Crippen LogP contribution in [0.3, 0.4) is 0 Å². The highest BCUT2D eigenvalue weighted by molar-refractivity contribution is 7.70. The highest BCUT2D eigenvalue weighted by atomic mass is 31.2. The molecule has 1 aromatic heterocycles. The van der Waals surface area contributed by atoms with Crippen LogP contribution in [-0.4, -0.2) is 116 Å². The Labute approximate surface area is 290 Å². The quantitative estimate of drug-likeness (QED) is 0.0987. The maximum absolute atomic E-state index is 13.8. The van der Waals surface area contributed by atoms with Gasteiger partial charge in [-0.2, -0.15) is 0 Å². The number of rotatable bonds is 15. The molecule has 1 aliphatic rings. The zero-order valence-electron chi connectivity index (χ0n) is 27.9. The van der Waals surface area contributed by atoms with Crippen LogP contribution >= 0.6 is 15.2 Å². The first-order chi connectivity index (χ1) is 23.6. The van der Waals surface area contributed by atoms with Crippen molar-refractivity contribution in [3.8, 4) is 0 Å². The van der Waals surface area contributed by atoms with E-state index in [0.29, 0.717) is 32.4 Å². The minimum Gasteiger partial charge on any atom is -0.448 e. The fourth-order valence-electron chi connectivity index (χ4n) is 5.11. The van der Waals surface area contributed by atoms with Crippen LogP contribution in [0.4, 0.5) is 4.79 Å². The van der Waals surface area contributed by atoms with Crippen molar-refractivity contribution in [2.75, 3.05) is 39.5 Å². The fraction of sp³-hybridized carbons (Fsp3) is 0.552. The largest absolute Gasteiger partial charge is 0.480 e. The van der Waals surface area contributed by atoms with E-state index in [9.17, 15) is 23.5 Å². The standard InChI is InChI=1S/C29H45BN6O12P2/c1-21(2)18-25(34-26(37)23(19-22-8-4-3-5-9-22)33-27(38)24-20-31-10-11-32-24)30-47-15-6-12-36(13-7-16-48-30)14-17-46-28(39)35-29(49(40,41)42)50(43,44)45/h3-5,8-11,20-21,23,25,29H,6-7,12-19H2,1-2H3,(H,33,38)(H,34,37)(H,35,39)(H2,40,41,42)(H2,43,44,45)/t23-,25?/m1/s1. The summed E-state index contributed by atoms with van der Waals surface area (Å²) < 4.78 is 39.9. The molecule has 0 radical (unpaired) electrons. The summed E-state index contributed by atoms with van der Waals surface area (Å²) in [6.45, 7) is 5.60. The van der Waals surface area contributed by atoms with Crippen LogP contribution in [0.1, 0.15) is 49.2 Å². The van der Waals surface area contributed by atoms with Crippen molar-refractivity contribution in [1.82, 2.24) is 30.8 Å². The van der Waals surface area contributed by atoms with Gasteiger partial charge in [0.15, 0.2) is 0 Å². The molecule has 18 nitrogen and oxygen atoms in total. The Hall–Kier alpha value is -3.25. The fourth-order valence-corrected chi connectivity index (χ4v) is 7.22. The number of ether oxygens (including phenoxy) is 1. The van der Waals surface area contributed by atoms with Gasteiger partial charge in [-0.3, -0.25) is 33.9 Å². The molecule has 1 aliphatic heterocycles. The molecule has 7 N–H and O–H groups in total. The van der Waals surface area contributed by atoms with Crippen LogP contribution in [0.25, 0.3) is 0 Å². The van der Waals surface area contributed by atoms with Crippen molar-refractivity contribution in [2.24, 2.45) is 5.92 Å². The Bertz CT molecular complexity index is 1440. The number of nitrogens with zero attached hydrogens (tertiary/aromatic N) is 3.